The lowest BCUT2D eigenvalue weighted by Gasteiger charge is -2.34. The molecule has 3 aromatic rings. The second-order valence-electron chi connectivity index (χ2n) is 8.08. The van der Waals surface area contributed by atoms with Gasteiger partial charge in [0.15, 0.2) is 0 Å². The zero-order chi connectivity index (χ0) is 21.8. The first kappa shape index (κ1) is 21.6. The molecule has 1 aliphatic heterocycles. The maximum atomic E-state index is 12.9. The molecule has 2 aromatic heterocycles. The number of piperazine rings is 1. The zero-order valence-electron chi connectivity index (χ0n) is 18.5. The quantitative estimate of drug-likeness (QED) is 0.557. The van der Waals surface area contributed by atoms with Gasteiger partial charge in [-0.2, -0.15) is 5.10 Å². The van der Waals surface area contributed by atoms with Crippen molar-refractivity contribution in [2.45, 2.75) is 40.5 Å². The van der Waals surface area contributed by atoms with E-state index < -0.39 is 0 Å². The normalized spacial score (nSPS) is 14.7. The molecule has 0 radical (unpaired) electrons. The van der Waals surface area contributed by atoms with Crippen LogP contribution in [0.5, 0.6) is 5.75 Å². The molecule has 0 aliphatic carbocycles. The first-order valence-corrected chi connectivity index (χ1v) is 11.7. The molecule has 6 nitrogen and oxygen atoms in total. The third-order valence-corrected chi connectivity index (χ3v) is 6.68. The molecule has 1 aromatic carbocycles. The van der Waals surface area contributed by atoms with Gasteiger partial charge in [-0.05, 0) is 44.4 Å². The molecule has 4 rings (SSSR count). The van der Waals surface area contributed by atoms with E-state index in [9.17, 15) is 4.79 Å². The van der Waals surface area contributed by atoms with Crippen LogP contribution >= 0.6 is 11.3 Å². The number of amides is 1. The van der Waals surface area contributed by atoms with Crippen molar-refractivity contribution in [2.24, 2.45) is 0 Å². The number of hydrogen-bond acceptors (Lipinski definition) is 5. The van der Waals surface area contributed by atoms with E-state index in [1.807, 2.05) is 45.3 Å². The summed E-state index contributed by atoms with van der Waals surface area (Å²) in [5, 5.41) is 6.55. The Kier molecular flexibility index (Phi) is 6.73. The van der Waals surface area contributed by atoms with Crippen molar-refractivity contribution >= 4 is 17.2 Å². The maximum absolute atomic E-state index is 12.9. The number of thiophene rings is 1. The van der Waals surface area contributed by atoms with Gasteiger partial charge in [0.2, 0.25) is 0 Å². The van der Waals surface area contributed by atoms with Crippen molar-refractivity contribution < 1.29 is 9.53 Å². The number of nitrogens with zero attached hydrogens (tertiary/aromatic N) is 4. The Morgan fingerprint density at radius 3 is 2.55 bits per heavy atom. The largest absolute Gasteiger partial charge is 0.489 e. The predicted molar refractivity (Wildman–Crippen MR) is 124 cm³/mol. The second kappa shape index (κ2) is 9.66. The minimum atomic E-state index is 0.126. The summed E-state index contributed by atoms with van der Waals surface area (Å²) >= 11 is 1.50. The van der Waals surface area contributed by atoms with E-state index in [0.717, 1.165) is 61.2 Å². The number of carbonyl (C=O) groups excluding carboxylic acids is 1. The van der Waals surface area contributed by atoms with Gasteiger partial charge in [0.25, 0.3) is 5.91 Å². The number of hydrogen-bond donors (Lipinski definition) is 0. The van der Waals surface area contributed by atoms with Gasteiger partial charge in [0, 0.05) is 56.6 Å². The summed E-state index contributed by atoms with van der Waals surface area (Å²) in [6.07, 6.45) is 2.14. The van der Waals surface area contributed by atoms with Crippen molar-refractivity contribution in [3.63, 3.8) is 0 Å². The van der Waals surface area contributed by atoms with Crippen LogP contribution in [0.2, 0.25) is 0 Å². The molecule has 1 saturated heterocycles. The molecular formula is C24H30N4O2S. The van der Waals surface area contributed by atoms with E-state index in [-0.39, 0.29) is 5.91 Å². The molecule has 7 heteroatoms. The molecule has 1 fully saturated rings. The molecule has 3 heterocycles. The van der Waals surface area contributed by atoms with Crippen LogP contribution in [0, 0.1) is 13.8 Å². The van der Waals surface area contributed by atoms with Crippen molar-refractivity contribution in [3.8, 4) is 5.75 Å². The minimum absolute atomic E-state index is 0.126. The lowest BCUT2D eigenvalue weighted by Crippen LogP contribution is -2.48. The summed E-state index contributed by atoms with van der Waals surface area (Å²) in [5.74, 6) is 0.974. The van der Waals surface area contributed by atoms with Gasteiger partial charge in [-0.25, -0.2) is 0 Å². The number of aryl methyl sites for hydroxylation is 3. The lowest BCUT2D eigenvalue weighted by atomic mass is 10.2. The van der Waals surface area contributed by atoms with E-state index in [1.165, 1.54) is 22.5 Å². The van der Waals surface area contributed by atoms with Crippen LogP contribution in [0.1, 0.15) is 39.0 Å². The van der Waals surface area contributed by atoms with E-state index in [0.29, 0.717) is 6.61 Å². The fourth-order valence-corrected chi connectivity index (χ4v) is 4.61. The van der Waals surface area contributed by atoms with Crippen LogP contribution in [0.15, 0.2) is 41.9 Å². The van der Waals surface area contributed by atoms with Crippen LogP contribution in [0.4, 0.5) is 0 Å². The number of rotatable bonds is 7. The molecule has 0 N–H and O–H groups in total. The van der Waals surface area contributed by atoms with E-state index in [4.69, 9.17) is 4.74 Å². The highest BCUT2D eigenvalue weighted by Crippen LogP contribution is 2.21. The molecule has 0 bridgehead atoms. The van der Waals surface area contributed by atoms with Crippen LogP contribution in [0.3, 0.4) is 0 Å². The second-order valence-corrected chi connectivity index (χ2v) is 9.00. The third kappa shape index (κ3) is 5.35. The van der Waals surface area contributed by atoms with Crippen molar-refractivity contribution in [1.29, 1.82) is 0 Å². The summed E-state index contributed by atoms with van der Waals surface area (Å²) < 4.78 is 7.83. The average Bonchev–Trinajstić information content (AvgIpc) is 3.40. The van der Waals surface area contributed by atoms with Crippen molar-refractivity contribution in [2.75, 3.05) is 26.2 Å². The first-order chi connectivity index (χ1) is 15.0. The summed E-state index contributed by atoms with van der Waals surface area (Å²) in [4.78, 5) is 18.1. The summed E-state index contributed by atoms with van der Waals surface area (Å²) in [7, 11) is 0. The van der Waals surface area contributed by atoms with Gasteiger partial charge in [0.1, 0.15) is 12.4 Å². The highest BCUT2D eigenvalue weighted by molar-refractivity contribution is 7.12. The summed E-state index contributed by atoms with van der Waals surface area (Å²) in [5.41, 5.74) is 4.62. The molecule has 0 unspecified atom stereocenters. The summed E-state index contributed by atoms with van der Waals surface area (Å²) in [6, 6.07) is 9.99. The SMILES string of the molecule is CCn1cc(CN2CCN(C(=O)c3cc(COc4ccc(C)cc4)cs3)CC2)c(C)n1. The van der Waals surface area contributed by atoms with E-state index in [1.54, 1.807) is 0 Å². The molecule has 0 saturated carbocycles. The maximum Gasteiger partial charge on any atom is 0.264 e. The molecule has 0 spiro atoms. The Morgan fingerprint density at radius 2 is 1.87 bits per heavy atom. The van der Waals surface area contributed by atoms with E-state index >= 15 is 0 Å². The van der Waals surface area contributed by atoms with Crippen LogP contribution < -0.4 is 4.74 Å². The Labute approximate surface area is 188 Å². The van der Waals surface area contributed by atoms with Crippen LogP contribution in [0.25, 0.3) is 0 Å². The fourth-order valence-electron chi connectivity index (χ4n) is 3.75. The highest BCUT2D eigenvalue weighted by atomic mass is 32.1. The summed E-state index contributed by atoms with van der Waals surface area (Å²) in [6.45, 7) is 11.8. The van der Waals surface area contributed by atoms with Gasteiger partial charge in [-0.1, -0.05) is 17.7 Å². The smallest absolute Gasteiger partial charge is 0.264 e. The van der Waals surface area contributed by atoms with Crippen molar-refractivity contribution in [3.05, 3.63) is 69.2 Å². The molecular weight excluding hydrogens is 408 g/mol. The number of benzene rings is 1. The average molecular weight is 439 g/mol. The number of carbonyl (C=O) groups is 1. The Bertz CT molecular complexity index is 1020. The molecule has 0 atom stereocenters. The molecule has 1 aliphatic rings. The van der Waals surface area contributed by atoms with Gasteiger partial charge in [-0.3, -0.25) is 14.4 Å². The van der Waals surface area contributed by atoms with Crippen molar-refractivity contribution in [1.82, 2.24) is 19.6 Å². The van der Waals surface area contributed by atoms with Gasteiger partial charge in [-0.15, -0.1) is 11.3 Å². The fraction of sp³-hybridized carbons (Fsp3) is 0.417. The lowest BCUT2D eigenvalue weighted by molar-refractivity contribution is 0.0633. The predicted octanol–water partition coefficient (Wildman–Crippen LogP) is 4.12. The third-order valence-electron chi connectivity index (χ3n) is 5.72. The minimum Gasteiger partial charge on any atom is -0.489 e. The van der Waals surface area contributed by atoms with E-state index in [2.05, 4.69) is 37.0 Å². The van der Waals surface area contributed by atoms with Gasteiger partial charge >= 0.3 is 0 Å². The Morgan fingerprint density at radius 1 is 1.13 bits per heavy atom. The van der Waals surface area contributed by atoms with Gasteiger partial charge in [0.05, 0.1) is 10.6 Å². The number of ether oxygens (including phenoxy) is 1. The van der Waals surface area contributed by atoms with Gasteiger partial charge < -0.3 is 9.64 Å². The monoisotopic (exact) mass is 438 g/mol. The zero-order valence-corrected chi connectivity index (χ0v) is 19.3. The Hall–Kier alpha value is -2.64. The molecule has 1 amide bonds. The van der Waals surface area contributed by atoms with Crippen LogP contribution in [-0.2, 0) is 19.7 Å². The number of aromatic nitrogens is 2. The topological polar surface area (TPSA) is 50.6 Å². The molecule has 31 heavy (non-hydrogen) atoms. The first-order valence-electron chi connectivity index (χ1n) is 10.8. The molecule has 164 valence electrons. The Balaban J connectivity index is 1.27. The standard InChI is InChI=1S/C24H30N4O2S/c1-4-28-15-21(19(3)25-28)14-26-9-11-27(12-10-26)24(29)23-13-20(17-31-23)16-30-22-7-5-18(2)6-8-22/h5-8,13,15,17H,4,9-12,14,16H2,1-3H3. The van der Waals surface area contributed by atoms with Crippen LogP contribution in [-0.4, -0.2) is 51.7 Å². The highest BCUT2D eigenvalue weighted by Gasteiger charge is 2.24.